The van der Waals surface area contributed by atoms with Crippen molar-refractivity contribution in [2.24, 2.45) is 5.92 Å². The molecule has 1 atom stereocenters. The Kier molecular flexibility index (Phi) is 3.30. The minimum atomic E-state index is 0.0691. The monoisotopic (exact) mass is 259 g/mol. The zero-order chi connectivity index (χ0) is 11.7. The molecular weight excluding hydrogens is 249 g/mol. The molecule has 86 valence electrons. The van der Waals surface area contributed by atoms with Crippen molar-refractivity contribution in [1.29, 1.82) is 0 Å². The molecule has 1 saturated heterocycles. The van der Waals surface area contributed by atoms with Crippen LogP contribution in [0.2, 0.25) is 5.28 Å². The summed E-state index contributed by atoms with van der Waals surface area (Å²) < 4.78 is 0. The lowest BCUT2D eigenvalue weighted by Gasteiger charge is -2.17. The fraction of sp³-hybridized carbons (Fsp3) is 0.500. The van der Waals surface area contributed by atoms with Gasteiger partial charge in [0.15, 0.2) is 0 Å². The molecule has 1 fully saturated rings. The van der Waals surface area contributed by atoms with Crippen LogP contribution >= 0.6 is 23.2 Å². The van der Waals surface area contributed by atoms with E-state index in [4.69, 9.17) is 23.2 Å². The Morgan fingerprint density at radius 3 is 2.94 bits per heavy atom. The third-order valence-corrected chi connectivity index (χ3v) is 3.26. The van der Waals surface area contributed by atoms with Gasteiger partial charge >= 0.3 is 0 Å². The second-order valence-corrected chi connectivity index (χ2v) is 4.49. The van der Waals surface area contributed by atoms with E-state index in [1.807, 2.05) is 6.92 Å². The number of amides is 1. The van der Waals surface area contributed by atoms with Crippen LogP contribution < -0.4 is 4.90 Å². The van der Waals surface area contributed by atoms with Gasteiger partial charge in [0.1, 0.15) is 0 Å². The van der Waals surface area contributed by atoms with Gasteiger partial charge in [0.2, 0.25) is 11.2 Å². The van der Waals surface area contributed by atoms with E-state index in [1.54, 1.807) is 11.1 Å². The highest BCUT2D eigenvalue weighted by Gasteiger charge is 2.31. The zero-order valence-electron chi connectivity index (χ0n) is 8.78. The van der Waals surface area contributed by atoms with Crippen molar-refractivity contribution in [2.75, 3.05) is 17.3 Å². The van der Waals surface area contributed by atoms with Gasteiger partial charge in [0.25, 0.3) is 0 Å². The summed E-state index contributed by atoms with van der Waals surface area (Å²) in [7, 11) is 0. The van der Waals surface area contributed by atoms with E-state index < -0.39 is 0 Å². The Morgan fingerprint density at radius 2 is 2.38 bits per heavy atom. The van der Waals surface area contributed by atoms with Crippen molar-refractivity contribution >= 4 is 34.8 Å². The van der Waals surface area contributed by atoms with E-state index in [1.165, 1.54) is 0 Å². The normalized spacial score (nSPS) is 20.6. The van der Waals surface area contributed by atoms with Gasteiger partial charge in [-0.2, -0.15) is 0 Å². The van der Waals surface area contributed by atoms with Gasteiger partial charge in [0.05, 0.1) is 17.6 Å². The average Bonchev–Trinajstić information content (AvgIpc) is 2.60. The molecule has 6 heteroatoms. The molecule has 0 saturated carbocycles. The van der Waals surface area contributed by atoms with Crippen LogP contribution in [0.4, 0.5) is 5.69 Å². The van der Waals surface area contributed by atoms with Gasteiger partial charge in [-0.1, -0.05) is 0 Å². The van der Waals surface area contributed by atoms with Gasteiger partial charge in [-0.25, -0.2) is 9.97 Å². The summed E-state index contributed by atoms with van der Waals surface area (Å²) in [5.41, 5.74) is 1.44. The number of aryl methyl sites for hydroxylation is 1. The fourth-order valence-corrected chi connectivity index (χ4v) is 2.20. The number of carbonyl (C=O) groups is 1. The molecular formula is C10H11Cl2N3O. The second-order valence-electron chi connectivity index (χ2n) is 3.84. The van der Waals surface area contributed by atoms with E-state index in [2.05, 4.69) is 9.97 Å². The number of halogens is 2. The molecule has 1 aromatic heterocycles. The SMILES string of the molecule is Cc1nc(Cl)ncc1N1CC(CCl)CC1=O. The van der Waals surface area contributed by atoms with Crippen molar-refractivity contribution in [2.45, 2.75) is 13.3 Å². The maximum Gasteiger partial charge on any atom is 0.227 e. The van der Waals surface area contributed by atoms with E-state index in [9.17, 15) is 4.79 Å². The van der Waals surface area contributed by atoms with Gasteiger partial charge in [-0.3, -0.25) is 4.79 Å². The molecule has 0 aliphatic carbocycles. The van der Waals surface area contributed by atoms with Crippen molar-refractivity contribution in [3.05, 3.63) is 17.2 Å². The Morgan fingerprint density at radius 1 is 1.62 bits per heavy atom. The summed E-state index contributed by atoms with van der Waals surface area (Å²) >= 11 is 11.4. The molecule has 1 aliphatic rings. The van der Waals surface area contributed by atoms with Crippen LogP contribution in [0.25, 0.3) is 0 Å². The van der Waals surface area contributed by atoms with Crippen LogP contribution in [0.3, 0.4) is 0 Å². The Hall–Kier alpha value is -0.870. The summed E-state index contributed by atoms with van der Waals surface area (Å²) in [5, 5.41) is 0.196. The predicted octanol–water partition coefficient (Wildman–Crippen LogP) is 2.03. The van der Waals surface area contributed by atoms with Crippen LogP contribution in [-0.2, 0) is 4.79 Å². The van der Waals surface area contributed by atoms with Gasteiger partial charge in [-0.05, 0) is 24.4 Å². The second kappa shape index (κ2) is 4.55. The number of hydrogen-bond acceptors (Lipinski definition) is 3. The minimum Gasteiger partial charge on any atom is -0.309 e. The minimum absolute atomic E-state index is 0.0691. The lowest BCUT2D eigenvalue weighted by molar-refractivity contribution is -0.117. The first-order valence-electron chi connectivity index (χ1n) is 4.97. The zero-order valence-corrected chi connectivity index (χ0v) is 10.3. The summed E-state index contributed by atoms with van der Waals surface area (Å²) in [6, 6.07) is 0. The lowest BCUT2D eigenvalue weighted by Crippen LogP contribution is -2.26. The molecule has 0 aromatic carbocycles. The average molecular weight is 260 g/mol. The number of carbonyl (C=O) groups excluding carboxylic acids is 1. The topological polar surface area (TPSA) is 46.1 Å². The molecule has 0 N–H and O–H groups in total. The number of hydrogen-bond donors (Lipinski definition) is 0. The van der Waals surface area contributed by atoms with E-state index in [-0.39, 0.29) is 17.1 Å². The molecule has 0 radical (unpaired) electrons. The molecule has 0 bridgehead atoms. The summed E-state index contributed by atoms with van der Waals surface area (Å²) in [4.78, 5) is 21.4. The summed E-state index contributed by atoms with van der Waals surface area (Å²) in [6.07, 6.45) is 2.07. The Bertz CT molecular complexity index is 425. The highest BCUT2D eigenvalue weighted by Crippen LogP contribution is 2.27. The maximum absolute atomic E-state index is 11.8. The van der Waals surface area contributed by atoms with Gasteiger partial charge in [-0.15, -0.1) is 11.6 Å². The number of rotatable bonds is 2. The quantitative estimate of drug-likeness (QED) is 0.603. The van der Waals surface area contributed by atoms with Crippen molar-refractivity contribution < 1.29 is 4.79 Å². The van der Waals surface area contributed by atoms with Crippen molar-refractivity contribution in [1.82, 2.24) is 9.97 Å². The summed E-state index contributed by atoms with van der Waals surface area (Å²) in [5.74, 6) is 0.777. The van der Waals surface area contributed by atoms with Crippen LogP contribution in [0.1, 0.15) is 12.1 Å². The molecule has 0 spiro atoms. The predicted molar refractivity (Wildman–Crippen MR) is 63.0 cm³/mol. The van der Waals surface area contributed by atoms with Crippen molar-refractivity contribution in [3.8, 4) is 0 Å². The highest BCUT2D eigenvalue weighted by atomic mass is 35.5. The Balaban J connectivity index is 2.28. The molecule has 1 amide bonds. The first-order valence-corrected chi connectivity index (χ1v) is 5.88. The molecule has 2 heterocycles. The number of alkyl halides is 1. The summed E-state index contributed by atoms with van der Waals surface area (Å²) in [6.45, 7) is 2.44. The van der Waals surface area contributed by atoms with Crippen LogP contribution in [0.5, 0.6) is 0 Å². The molecule has 1 unspecified atom stereocenters. The third-order valence-electron chi connectivity index (χ3n) is 2.64. The molecule has 1 aromatic rings. The number of anilines is 1. The van der Waals surface area contributed by atoms with E-state index in [0.29, 0.717) is 24.5 Å². The largest absolute Gasteiger partial charge is 0.309 e. The number of aromatic nitrogens is 2. The van der Waals surface area contributed by atoms with Gasteiger partial charge < -0.3 is 4.90 Å². The lowest BCUT2D eigenvalue weighted by atomic mass is 10.1. The third kappa shape index (κ3) is 2.13. The van der Waals surface area contributed by atoms with E-state index >= 15 is 0 Å². The number of nitrogens with zero attached hydrogens (tertiary/aromatic N) is 3. The molecule has 4 nitrogen and oxygen atoms in total. The maximum atomic E-state index is 11.8. The van der Waals surface area contributed by atoms with Crippen LogP contribution in [-0.4, -0.2) is 28.3 Å². The highest BCUT2D eigenvalue weighted by molar-refractivity contribution is 6.28. The Labute approximate surface area is 104 Å². The fourth-order valence-electron chi connectivity index (χ4n) is 1.82. The van der Waals surface area contributed by atoms with Gasteiger partial charge in [0, 0.05) is 18.8 Å². The van der Waals surface area contributed by atoms with E-state index in [0.717, 1.165) is 5.69 Å². The van der Waals surface area contributed by atoms with Crippen LogP contribution in [0.15, 0.2) is 6.20 Å². The first-order chi connectivity index (χ1) is 7.61. The first kappa shape index (κ1) is 11.6. The van der Waals surface area contributed by atoms with Crippen LogP contribution in [0, 0.1) is 12.8 Å². The standard InChI is InChI=1S/C10H11Cl2N3O/c1-6-8(4-13-10(12)14-6)15-5-7(3-11)2-9(15)16/h4,7H,2-3,5H2,1H3. The van der Waals surface area contributed by atoms with Crippen molar-refractivity contribution in [3.63, 3.8) is 0 Å². The molecule has 1 aliphatic heterocycles. The smallest absolute Gasteiger partial charge is 0.227 e. The molecule has 16 heavy (non-hydrogen) atoms. The molecule has 2 rings (SSSR count).